The number of hydrogen-bond acceptors (Lipinski definition) is 4. The minimum absolute atomic E-state index is 0.109. The summed E-state index contributed by atoms with van der Waals surface area (Å²) in [4.78, 5) is 13.5. The molecule has 2 aliphatic rings. The first-order chi connectivity index (χ1) is 9.72. The van der Waals surface area contributed by atoms with Crippen LogP contribution < -0.4 is 14.8 Å². The molecule has 108 valence electrons. The molecule has 2 heterocycles. The summed E-state index contributed by atoms with van der Waals surface area (Å²) in [7, 11) is 0. The third-order valence-electron chi connectivity index (χ3n) is 3.58. The van der Waals surface area contributed by atoms with E-state index in [0.29, 0.717) is 26.1 Å². The first-order valence-corrected chi connectivity index (χ1v) is 6.82. The molecule has 0 aromatic heterocycles. The van der Waals surface area contributed by atoms with Gasteiger partial charge in [0.15, 0.2) is 11.5 Å². The van der Waals surface area contributed by atoms with Crippen molar-refractivity contribution in [1.29, 1.82) is 0 Å². The summed E-state index contributed by atoms with van der Waals surface area (Å²) in [5.41, 5.74) is 1.09. The van der Waals surface area contributed by atoms with E-state index in [-0.39, 0.29) is 18.9 Å². The predicted octanol–water partition coefficient (Wildman–Crippen LogP) is 0.734. The molecule has 0 saturated carbocycles. The quantitative estimate of drug-likeness (QED) is 0.855. The van der Waals surface area contributed by atoms with Crippen LogP contribution in [0.25, 0.3) is 0 Å². The summed E-state index contributed by atoms with van der Waals surface area (Å²) in [6.45, 7) is 1.88. The fraction of sp³-hybridized carbons (Fsp3) is 0.500. The maximum atomic E-state index is 11.8. The molecule has 0 spiro atoms. The fourth-order valence-corrected chi connectivity index (χ4v) is 2.45. The van der Waals surface area contributed by atoms with Gasteiger partial charge in [0.1, 0.15) is 0 Å². The number of rotatable bonds is 3. The van der Waals surface area contributed by atoms with Crippen LogP contribution in [-0.2, 0) is 6.42 Å². The molecule has 0 radical (unpaired) electrons. The third kappa shape index (κ3) is 2.80. The Morgan fingerprint density at radius 1 is 1.40 bits per heavy atom. The summed E-state index contributed by atoms with van der Waals surface area (Å²) in [6.07, 6.45) is 1.02. The average molecular weight is 278 g/mol. The first kappa shape index (κ1) is 13.1. The molecule has 1 fully saturated rings. The molecule has 2 amide bonds. The standard InChI is InChI=1S/C14H18N2O4/c17-11-4-6-16(8-11)14(18)15-5-3-10-1-2-12-13(7-10)20-9-19-12/h1-2,7,11,17H,3-6,8-9H2,(H,15,18)/t11-/m1/s1. The Bertz CT molecular complexity index is 506. The van der Waals surface area contributed by atoms with Gasteiger partial charge in [-0.15, -0.1) is 0 Å². The van der Waals surface area contributed by atoms with Gasteiger partial charge in [0.05, 0.1) is 6.10 Å². The van der Waals surface area contributed by atoms with Crippen molar-refractivity contribution in [3.63, 3.8) is 0 Å². The highest BCUT2D eigenvalue weighted by Crippen LogP contribution is 2.32. The zero-order valence-electron chi connectivity index (χ0n) is 11.2. The van der Waals surface area contributed by atoms with E-state index in [1.165, 1.54) is 0 Å². The maximum absolute atomic E-state index is 11.8. The van der Waals surface area contributed by atoms with E-state index in [2.05, 4.69) is 5.32 Å². The van der Waals surface area contributed by atoms with Crippen LogP contribution in [0.2, 0.25) is 0 Å². The van der Waals surface area contributed by atoms with Gasteiger partial charge < -0.3 is 24.8 Å². The molecular formula is C14H18N2O4. The van der Waals surface area contributed by atoms with Crippen molar-refractivity contribution >= 4 is 6.03 Å². The Morgan fingerprint density at radius 3 is 3.05 bits per heavy atom. The van der Waals surface area contributed by atoms with Gasteiger partial charge in [0.25, 0.3) is 0 Å². The molecule has 1 saturated heterocycles. The maximum Gasteiger partial charge on any atom is 0.317 e. The SMILES string of the molecule is O=C(NCCc1ccc2c(c1)OCO2)N1CC[C@@H](O)C1. The summed E-state index contributed by atoms with van der Waals surface area (Å²) in [5, 5.41) is 12.3. The highest BCUT2D eigenvalue weighted by atomic mass is 16.7. The third-order valence-corrected chi connectivity index (χ3v) is 3.58. The lowest BCUT2D eigenvalue weighted by molar-refractivity contribution is 0.172. The largest absolute Gasteiger partial charge is 0.454 e. The van der Waals surface area contributed by atoms with Gasteiger partial charge in [-0.2, -0.15) is 0 Å². The monoisotopic (exact) mass is 278 g/mol. The smallest absolute Gasteiger partial charge is 0.317 e. The van der Waals surface area contributed by atoms with Gasteiger partial charge in [0, 0.05) is 19.6 Å². The Morgan fingerprint density at radius 2 is 2.25 bits per heavy atom. The van der Waals surface area contributed by atoms with Crippen LogP contribution in [0.1, 0.15) is 12.0 Å². The number of β-amino-alcohol motifs (C(OH)–C–C–N with tert-alkyl or cyclic N) is 1. The number of fused-ring (bicyclic) bond motifs is 1. The zero-order valence-corrected chi connectivity index (χ0v) is 11.2. The number of ether oxygens (including phenoxy) is 2. The molecule has 2 N–H and O–H groups in total. The van der Waals surface area contributed by atoms with Gasteiger partial charge in [-0.1, -0.05) is 6.07 Å². The summed E-state index contributed by atoms with van der Waals surface area (Å²) in [5.74, 6) is 1.53. The van der Waals surface area contributed by atoms with E-state index in [0.717, 1.165) is 23.5 Å². The summed E-state index contributed by atoms with van der Waals surface area (Å²) < 4.78 is 10.6. The van der Waals surface area contributed by atoms with Crippen molar-refractivity contribution in [2.45, 2.75) is 18.9 Å². The molecule has 2 aliphatic heterocycles. The summed E-state index contributed by atoms with van der Waals surface area (Å²) >= 11 is 0. The number of benzene rings is 1. The number of aliphatic hydroxyl groups excluding tert-OH is 1. The zero-order chi connectivity index (χ0) is 13.9. The Labute approximate surface area is 117 Å². The van der Waals surface area contributed by atoms with E-state index in [1.54, 1.807) is 4.90 Å². The van der Waals surface area contributed by atoms with Crippen LogP contribution in [0.15, 0.2) is 18.2 Å². The molecule has 1 aromatic rings. The molecule has 1 atom stereocenters. The number of aliphatic hydroxyl groups is 1. The second-order valence-corrected chi connectivity index (χ2v) is 5.06. The van der Waals surface area contributed by atoms with E-state index in [4.69, 9.17) is 9.47 Å². The topological polar surface area (TPSA) is 71.0 Å². The van der Waals surface area contributed by atoms with Crippen LogP contribution in [0.4, 0.5) is 4.79 Å². The fourth-order valence-electron chi connectivity index (χ4n) is 2.45. The molecular weight excluding hydrogens is 260 g/mol. The van der Waals surface area contributed by atoms with Crippen LogP contribution in [-0.4, -0.2) is 48.6 Å². The van der Waals surface area contributed by atoms with Crippen molar-refractivity contribution in [3.8, 4) is 11.5 Å². The van der Waals surface area contributed by atoms with E-state index < -0.39 is 0 Å². The lowest BCUT2D eigenvalue weighted by atomic mass is 10.1. The van der Waals surface area contributed by atoms with E-state index in [1.807, 2.05) is 18.2 Å². The Balaban J connectivity index is 1.47. The molecule has 3 rings (SSSR count). The molecule has 0 bridgehead atoms. The molecule has 6 heteroatoms. The van der Waals surface area contributed by atoms with Gasteiger partial charge in [-0.25, -0.2) is 4.79 Å². The van der Waals surface area contributed by atoms with E-state index >= 15 is 0 Å². The van der Waals surface area contributed by atoms with Gasteiger partial charge >= 0.3 is 6.03 Å². The highest BCUT2D eigenvalue weighted by Gasteiger charge is 2.24. The summed E-state index contributed by atoms with van der Waals surface area (Å²) in [6, 6.07) is 5.69. The Hall–Kier alpha value is -1.95. The van der Waals surface area contributed by atoms with Gasteiger partial charge in [-0.05, 0) is 30.5 Å². The van der Waals surface area contributed by atoms with Crippen LogP contribution >= 0.6 is 0 Å². The van der Waals surface area contributed by atoms with Crippen LogP contribution in [0.3, 0.4) is 0 Å². The molecule has 0 unspecified atom stereocenters. The van der Waals surface area contributed by atoms with Crippen LogP contribution in [0, 0.1) is 0 Å². The van der Waals surface area contributed by atoms with Crippen molar-refractivity contribution in [2.75, 3.05) is 26.4 Å². The lowest BCUT2D eigenvalue weighted by Gasteiger charge is -2.16. The number of carbonyl (C=O) groups is 1. The van der Waals surface area contributed by atoms with E-state index in [9.17, 15) is 9.90 Å². The number of carbonyl (C=O) groups excluding carboxylic acids is 1. The number of hydrogen-bond donors (Lipinski definition) is 2. The van der Waals surface area contributed by atoms with Crippen molar-refractivity contribution in [2.24, 2.45) is 0 Å². The first-order valence-electron chi connectivity index (χ1n) is 6.82. The highest BCUT2D eigenvalue weighted by molar-refractivity contribution is 5.74. The number of likely N-dealkylation sites (tertiary alicyclic amines) is 1. The van der Waals surface area contributed by atoms with Gasteiger partial charge in [-0.3, -0.25) is 0 Å². The van der Waals surface area contributed by atoms with Crippen LogP contribution in [0.5, 0.6) is 11.5 Å². The van der Waals surface area contributed by atoms with Gasteiger partial charge in [0.2, 0.25) is 6.79 Å². The molecule has 6 nitrogen and oxygen atoms in total. The Kier molecular flexibility index (Phi) is 3.64. The van der Waals surface area contributed by atoms with Crippen molar-refractivity contribution in [3.05, 3.63) is 23.8 Å². The van der Waals surface area contributed by atoms with Crippen molar-refractivity contribution in [1.82, 2.24) is 10.2 Å². The number of nitrogens with one attached hydrogen (secondary N) is 1. The molecule has 20 heavy (non-hydrogen) atoms. The minimum atomic E-state index is -0.380. The predicted molar refractivity (Wildman–Crippen MR) is 71.9 cm³/mol. The number of amides is 2. The van der Waals surface area contributed by atoms with Crippen molar-refractivity contribution < 1.29 is 19.4 Å². The lowest BCUT2D eigenvalue weighted by Crippen LogP contribution is -2.39. The molecule has 0 aliphatic carbocycles. The second-order valence-electron chi connectivity index (χ2n) is 5.06. The second kappa shape index (κ2) is 5.58. The number of nitrogens with zero attached hydrogens (tertiary/aromatic N) is 1. The molecule has 1 aromatic carbocycles. The normalized spacial score (nSPS) is 20.2. The minimum Gasteiger partial charge on any atom is -0.454 e. The average Bonchev–Trinajstić information content (AvgIpc) is 3.06. The number of urea groups is 1.